The molecular formula is C28H29N3O5. The molecule has 4 aromatic rings. The Balaban J connectivity index is 1.59. The molecule has 36 heavy (non-hydrogen) atoms. The highest BCUT2D eigenvalue weighted by molar-refractivity contribution is 5.98. The second-order valence-corrected chi connectivity index (χ2v) is 9.34. The van der Waals surface area contributed by atoms with Crippen molar-refractivity contribution in [3.05, 3.63) is 82.3 Å². The summed E-state index contributed by atoms with van der Waals surface area (Å²) >= 11 is 0. The summed E-state index contributed by atoms with van der Waals surface area (Å²) in [5.41, 5.74) is 2.27. The number of carbonyl (C=O) groups is 2. The van der Waals surface area contributed by atoms with E-state index in [0.717, 1.165) is 35.6 Å². The number of imidazole rings is 1. The van der Waals surface area contributed by atoms with Gasteiger partial charge in [-0.1, -0.05) is 42.5 Å². The number of amides is 1. The Morgan fingerprint density at radius 2 is 1.75 bits per heavy atom. The summed E-state index contributed by atoms with van der Waals surface area (Å²) in [5, 5.41) is 21.1. The number of carboxylic acid groups (broad SMARTS) is 1. The monoisotopic (exact) mass is 487 g/mol. The Morgan fingerprint density at radius 3 is 2.56 bits per heavy atom. The lowest BCUT2D eigenvalue weighted by Crippen LogP contribution is -2.45. The van der Waals surface area contributed by atoms with Crippen molar-refractivity contribution in [2.75, 3.05) is 13.2 Å². The molecule has 186 valence electrons. The summed E-state index contributed by atoms with van der Waals surface area (Å²) in [4.78, 5) is 39.9. The third kappa shape index (κ3) is 4.40. The first-order chi connectivity index (χ1) is 17.5. The van der Waals surface area contributed by atoms with Crippen LogP contribution in [0.25, 0.3) is 21.8 Å². The molecule has 0 aliphatic carbocycles. The lowest BCUT2D eigenvalue weighted by Gasteiger charge is -2.34. The van der Waals surface area contributed by atoms with Crippen LogP contribution in [0.15, 0.2) is 65.5 Å². The number of aliphatic hydroxyl groups excluding tert-OH is 1. The summed E-state index contributed by atoms with van der Waals surface area (Å²) < 4.78 is 3.09. The molecule has 1 atom stereocenters. The molecule has 3 aromatic carbocycles. The van der Waals surface area contributed by atoms with Crippen molar-refractivity contribution in [2.24, 2.45) is 0 Å². The van der Waals surface area contributed by atoms with Gasteiger partial charge in [0, 0.05) is 18.7 Å². The van der Waals surface area contributed by atoms with Crippen LogP contribution in [0.4, 0.5) is 0 Å². The third-order valence-corrected chi connectivity index (χ3v) is 7.12. The van der Waals surface area contributed by atoms with Gasteiger partial charge in [0.05, 0.1) is 36.6 Å². The van der Waals surface area contributed by atoms with Crippen LogP contribution in [0.3, 0.4) is 0 Å². The minimum atomic E-state index is -0.997. The molecule has 1 saturated heterocycles. The number of carbonyl (C=O) groups excluding carboxylic acids is 1. The van der Waals surface area contributed by atoms with Crippen molar-refractivity contribution in [3.8, 4) is 0 Å². The zero-order valence-corrected chi connectivity index (χ0v) is 20.0. The largest absolute Gasteiger partial charge is 0.481 e. The number of carboxylic acids is 1. The van der Waals surface area contributed by atoms with E-state index in [1.807, 2.05) is 42.5 Å². The first-order valence-electron chi connectivity index (χ1n) is 12.3. The predicted molar refractivity (Wildman–Crippen MR) is 137 cm³/mol. The van der Waals surface area contributed by atoms with Gasteiger partial charge in [0.15, 0.2) is 0 Å². The number of aliphatic carboxylic acids is 1. The van der Waals surface area contributed by atoms with Gasteiger partial charge in [-0.2, -0.15) is 0 Å². The number of aliphatic hydroxyl groups is 1. The van der Waals surface area contributed by atoms with Crippen molar-refractivity contribution in [3.63, 3.8) is 0 Å². The van der Waals surface area contributed by atoms with Crippen LogP contribution in [-0.2, 0) is 17.9 Å². The summed E-state index contributed by atoms with van der Waals surface area (Å²) in [6.07, 6.45) is 2.41. The fourth-order valence-corrected chi connectivity index (χ4v) is 5.25. The van der Waals surface area contributed by atoms with Crippen LogP contribution >= 0.6 is 0 Å². The quantitative estimate of drug-likeness (QED) is 0.415. The van der Waals surface area contributed by atoms with E-state index >= 15 is 0 Å². The molecule has 0 bridgehead atoms. The zero-order valence-electron chi connectivity index (χ0n) is 20.0. The number of fused-ring (bicyclic) bond motifs is 2. The number of nitrogens with zero attached hydrogens (tertiary/aromatic N) is 3. The Morgan fingerprint density at radius 1 is 0.944 bits per heavy atom. The maximum atomic E-state index is 13.5. The number of piperidine rings is 1. The number of benzene rings is 3. The molecule has 0 saturated carbocycles. The Bertz CT molecular complexity index is 1500. The molecule has 0 radical (unpaired) electrons. The number of hydrogen-bond donors (Lipinski definition) is 2. The number of aromatic nitrogens is 2. The summed E-state index contributed by atoms with van der Waals surface area (Å²) in [5.74, 6) is -1.18. The van der Waals surface area contributed by atoms with Gasteiger partial charge in [-0.05, 0) is 53.8 Å². The fourth-order valence-electron chi connectivity index (χ4n) is 5.25. The normalized spacial score (nSPS) is 16.0. The van der Waals surface area contributed by atoms with Gasteiger partial charge in [-0.3, -0.25) is 18.7 Å². The first-order valence-corrected chi connectivity index (χ1v) is 12.3. The third-order valence-electron chi connectivity index (χ3n) is 7.12. The zero-order chi connectivity index (χ0) is 25.2. The van der Waals surface area contributed by atoms with Crippen molar-refractivity contribution >= 4 is 33.7 Å². The van der Waals surface area contributed by atoms with E-state index in [0.29, 0.717) is 29.7 Å². The van der Waals surface area contributed by atoms with Crippen LogP contribution in [0.2, 0.25) is 0 Å². The van der Waals surface area contributed by atoms with Crippen molar-refractivity contribution in [1.29, 1.82) is 0 Å². The van der Waals surface area contributed by atoms with Gasteiger partial charge >= 0.3 is 11.7 Å². The van der Waals surface area contributed by atoms with E-state index in [2.05, 4.69) is 0 Å². The van der Waals surface area contributed by atoms with Crippen molar-refractivity contribution < 1.29 is 19.8 Å². The lowest BCUT2D eigenvalue weighted by molar-refractivity contribution is -0.137. The summed E-state index contributed by atoms with van der Waals surface area (Å²) in [7, 11) is 0. The van der Waals surface area contributed by atoms with Gasteiger partial charge in [0.25, 0.3) is 5.91 Å². The van der Waals surface area contributed by atoms with Gasteiger partial charge in [0.1, 0.15) is 0 Å². The highest BCUT2D eigenvalue weighted by Crippen LogP contribution is 2.24. The molecule has 1 aliphatic rings. The minimum absolute atomic E-state index is 0.00777. The topological polar surface area (TPSA) is 105 Å². The second kappa shape index (κ2) is 9.99. The highest BCUT2D eigenvalue weighted by Gasteiger charge is 2.27. The molecule has 0 spiro atoms. The smallest absolute Gasteiger partial charge is 0.329 e. The van der Waals surface area contributed by atoms with Gasteiger partial charge in [-0.25, -0.2) is 4.79 Å². The molecule has 2 heterocycles. The molecule has 1 unspecified atom stereocenters. The number of likely N-dealkylation sites (tertiary alicyclic amines) is 1. The SMILES string of the molecule is O=C(O)CCn1c(=O)n(Cc2cccc3ccccc23)c2ccc(C(=O)N3CCCCC3CO)cc21. The van der Waals surface area contributed by atoms with Crippen LogP contribution in [0.1, 0.15) is 41.6 Å². The van der Waals surface area contributed by atoms with Gasteiger partial charge in [-0.15, -0.1) is 0 Å². The van der Waals surface area contributed by atoms with Crippen LogP contribution < -0.4 is 5.69 Å². The number of hydrogen-bond acceptors (Lipinski definition) is 4. The summed E-state index contributed by atoms with van der Waals surface area (Å²) in [6.45, 7) is 0.825. The Kier molecular flexibility index (Phi) is 6.61. The van der Waals surface area contributed by atoms with Gasteiger partial charge < -0.3 is 15.1 Å². The number of rotatable bonds is 7. The van der Waals surface area contributed by atoms with E-state index in [4.69, 9.17) is 0 Å². The first kappa shape index (κ1) is 23.8. The van der Waals surface area contributed by atoms with E-state index in [1.165, 1.54) is 4.57 Å². The van der Waals surface area contributed by atoms with E-state index < -0.39 is 5.97 Å². The summed E-state index contributed by atoms with van der Waals surface area (Å²) in [6, 6.07) is 18.9. The maximum Gasteiger partial charge on any atom is 0.329 e. The molecule has 1 aromatic heterocycles. The highest BCUT2D eigenvalue weighted by atomic mass is 16.4. The Labute approximate surface area is 208 Å². The molecule has 5 rings (SSSR count). The number of aryl methyl sites for hydroxylation is 1. The second-order valence-electron chi connectivity index (χ2n) is 9.34. The molecule has 8 heteroatoms. The van der Waals surface area contributed by atoms with Crippen LogP contribution in [-0.4, -0.2) is 55.3 Å². The molecule has 8 nitrogen and oxygen atoms in total. The average molecular weight is 488 g/mol. The van der Waals surface area contributed by atoms with Crippen molar-refractivity contribution in [1.82, 2.24) is 14.0 Å². The fraction of sp³-hybridized carbons (Fsp3) is 0.321. The molecule has 1 fully saturated rings. The predicted octanol–water partition coefficient (Wildman–Crippen LogP) is 3.47. The molecular weight excluding hydrogens is 458 g/mol. The maximum absolute atomic E-state index is 13.5. The van der Waals surface area contributed by atoms with Crippen molar-refractivity contribution in [2.45, 2.75) is 44.8 Å². The lowest BCUT2D eigenvalue weighted by atomic mass is 10.0. The Hall–Kier alpha value is -3.91. The molecule has 1 amide bonds. The molecule has 2 N–H and O–H groups in total. The standard InChI is InChI=1S/C28H29N3O5/c32-18-22-9-3-4-14-29(22)27(35)20-11-12-24-25(16-20)30(15-13-26(33)34)28(36)31(24)17-21-8-5-7-19-6-1-2-10-23(19)21/h1-2,5-8,10-12,16,22,32H,3-4,9,13-15,17-18H2,(H,33,34). The van der Waals surface area contributed by atoms with Crippen LogP contribution in [0.5, 0.6) is 0 Å². The van der Waals surface area contributed by atoms with Crippen LogP contribution in [0, 0.1) is 0 Å². The average Bonchev–Trinajstić information content (AvgIpc) is 3.16. The van der Waals surface area contributed by atoms with E-state index in [-0.39, 0.29) is 37.2 Å². The van der Waals surface area contributed by atoms with E-state index in [9.17, 15) is 24.6 Å². The minimum Gasteiger partial charge on any atom is -0.481 e. The van der Waals surface area contributed by atoms with E-state index in [1.54, 1.807) is 27.7 Å². The molecule has 1 aliphatic heterocycles. The van der Waals surface area contributed by atoms with Gasteiger partial charge in [0.2, 0.25) is 0 Å².